The summed E-state index contributed by atoms with van der Waals surface area (Å²) in [7, 11) is 2.93. The lowest BCUT2D eigenvalue weighted by Crippen LogP contribution is -2.04. The first-order valence-corrected chi connectivity index (χ1v) is 7.65. The molecule has 0 saturated heterocycles. The molecule has 0 aliphatic carbocycles. The maximum absolute atomic E-state index is 12.8. The summed E-state index contributed by atoms with van der Waals surface area (Å²) in [5.41, 5.74) is 0.421. The Hall–Kier alpha value is -2.49. The van der Waals surface area contributed by atoms with Crippen molar-refractivity contribution in [2.75, 3.05) is 14.2 Å². The Bertz CT molecular complexity index is 883. The van der Waals surface area contributed by atoms with Gasteiger partial charge < -0.3 is 13.9 Å². The van der Waals surface area contributed by atoms with Crippen molar-refractivity contribution in [2.45, 2.75) is 6.18 Å². The standard InChI is InChI=1S/C15H11BrF3N3O3/c1-23-8-4-3-5-9(24-2)12(8)22-13(20-21-14(22)16)10-6-7-11(25-10)15(17,18)19/h3-7H,1-2H3. The molecule has 6 nitrogen and oxygen atoms in total. The number of aromatic nitrogens is 3. The predicted molar refractivity (Wildman–Crippen MR) is 84.9 cm³/mol. The van der Waals surface area contributed by atoms with Crippen LogP contribution in [0.2, 0.25) is 0 Å². The Morgan fingerprint density at radius 1 is 1.04 bits per heavy atom. The van der Waals surface area contributed by atoms with E-state index in [2.05, 4.69) is 26.1 Å². The van der Waals surface area contributed by atoms with Gasteiger partial charge >= 0.3 is 6.18 Å². The van der Waals surface area contributed by atoms with Crippen molar-refractivity contribution in [3.8, 4) is 28.8 Å². The lowest BCUT2D eigenvalue weighted by molar-refractivity contribution is -0.152. The maximum atomic E-state index is 12.8. The number of rotatable bonds is 4. The first-order chi connectivity index (χ1) is 11.9. The van der Waals surface area contributed by atoms with E-state index in [-0.39, 0.29) is 16.3 Å². The maximum Gasteiger partial charge on any atom is 0.449 e. The predicted octanol–water partition coefficient (Wildman–Crippen LogP) is 4.33. The minimum atomic E-state index is -4.59. The van der Waals surface area contributed by atoms with Gasteiger partial charge in [-0.1, -0.05) is 6.07 Å². The van der Waals surface area contributed by atoms with E-state index in [1.807, 2.05) is 0 Å². The molecule has 0 bridgehead atoms. The van der Waals surface area contributed by atoms with Gasteiger partial charge in [-0.2, -0.15) is 13.2 Å². The van der Waals surface area contributed by atoms with Crippen molar-refractivity contribution in [1.29, 1.82) is 0 Å². The number of ether oxygens (including phenoxy) is 2. The fraction of sp³-hybridized carbons (Fsp3) is 0.200. The first-order valence-electron chi connectivity index (χ1n) is 6.86. The molecule has 25 heavy (non-hydrogen) atoms. The highest BCUT2D eigenvalue weighted by Crippen LogP contribution is 2.39. The molecule has 0 saturated carbocycles. The van der Waals surface area contributed by atoms with Gasteiger partial charge in [0.05, 0.1) is 14.2 Å². The van der Waals surface area contributed by atoms with Crippen LogP contribution in [0.3, 0.4) is 0 Å². The van der Waals surface area contributed by atoms with Crippen LogP contribution in [0.5, 0.6) is 11.5 Å². The van der Waals surface area contributed by atoms with Crippen LogP contribution in [0.4, 0.5) is 13.2 Å². The molecular weight excluding hydrogens is 407 g/mol. The summed E-state index contributed by atoms with van der Waals surface area (Å²) in [5, 5.41) is 7.77. The molecule has 2 heterocycles. The number of methoxy groups -OCH3 is 2. The molecular formula is C15H11BrF3N3O3. The molecule has 0 radical (unpaired) electrons. The van der Waals surface area contributed by atoms with E-state index in [1.165, 1.54) is 24.9 Å². The van der Waals surface area contributed by atoms with E-state index in [4.69, 9.17) is 13.9 Å². The Kier molecular flexibility index (Phi) is 4.46. The van der Waals surface area contributed by atoms with Crippen LogP contribution in [0, 0.1) is 0 Å². The molecule has 0 spiro atoms. The second-order valence-electron chi connectivity index (χ2n) is 4.80. The number of benzene rings is 1. The average molecular weight is 418 g/mol. The first kappa shape index (κ1) is 17.3. The van der Waals surface area contributed by atoms with Crippen LogP contribution in [0.1, 0.15) is 5.76 Å². The summed E-state index contributed by atoms with van der Waals surface area (Å²) in [5.74, 6) is -0.323. The fourth-order valence-electron chi connectivity index (χ4n) is 2.29. The molecule has 132 valence electrons. The van der Waals surface area contributed by atoms with E-state index in [1.54, 1.807) is 18.2 Å². The van der Waals surface area contributed by atoms with Gasteiger partial charge in [0.25, 0.3) is 0 Å². The molecule has 0 fully saturated rings. The topological polar surface area (TPSA) is 62.3 Å². The van der Waals surface area contributed by atoms with Gasteiger partial charge in [-0.3, -0.25) is 4.57 Å². The second kappa shape index (κ2) is 6.43. The zero-order chi connectivity index (χ0) is 18.2. The number of alkyl halides is 3. The second-order valence-corrected chi connectivity index (χ2v) is 5.51. The van der Waals surface area contributed by atoms with E-state index in [0.717, 1.165) is 6.07 Å². The minimum Gasteiger partial charge on any atom is -0.494 e. The highest BCUT2D eigenvalue weighted by molar-refractivity contribution is 9.10. The summed E-state index contributed by atoms with van der Waals surface area (Å²) in [6, 6.07) is 7.09. The number of furan rings is 1. The fourth-order valence-corrected chi connectivity index (χ4v) is 2.71. The molecule has 0 unspecified atom stereocenters. The summed E-state index contributed by atoms with van der Waals surface area (Å²) in [6.45, 7) is 0. The monoisotopic (exact) mass is 417 g/mol. The third-order valence-corrected chi connectivity index (χ3v) is 3.87. The number of nitrogens with zero attached hydrogens (tertiary/aromatic N) is 3. The van der Waals surface area contributed by atoms with Crippen molar-refractivity contribution < 1.29 is 27.1 Å². The van der Waals surface area contributed by atoms with E-state index in [9.17, 15) is 13.2 Å². The van der Waals surface area contributed by atoms with Crippen LogP contribution in [0.25, 0.3) is 17.3 Å². The number of hydrogen-bond acceptors (Lipinski definition) is 5. The number of para-hydroxylation sites is 1. The molecule has 3 rings (SSSR count). The zero-order valence-corrected chi connectivity index (χ0v) is 14.6. The van der Waals surface area contributed by atoms with Gasteiger partial charge in [0.15, 0.2) is 5.76 Å². The summed E-state index contributed by atoms with van der Waals surface area (Å²) in [6.07, 6.45) is -4.59. The SMILES string of the molecule is COc1cccc(OC)c1-n1c(Br)nnc1-c1ccc(C(F)(F)F)o1. The van der Waals surface area contributed by atoms with Crippen LogP contribution in [-0.2, 0) is 6.18 Å². The van der Waals surface area contributed by atoms with E-state index < -0.39 is 11.9 Å². The highest BCUT2D eigenvalue weighted by atomic mass is 79.9. The average Bonchev–Trinajstić information content (AvgIpc) is 3.20. The summed E-state index contributed by atoms with van der Waals surface area (Å²) in [4.78, 5) is 0. The summed E-state index contributed by atoms with van der Waals surface area (Å²) < 4.78 is 55.6. The minimum absolute atomic E-state index is 0.0603. The summed E-state index contributed by atoms with van der Waals surface area (Å²) >= 11 is 3.24. The Morgan fingerprint density at radius 2 is 1.68 bits per heavy atom. The van der Waals surface area contributed by atoms with Crippen molar-refractivity contribution in [3.63, 3.8) is 0 Å². The van der Waals surface area contributed by atoms with Gasteiger partial charge in [-0.15, -0.1) is 10.2 Å². The van der Waals surface area contributed by atoms with Crippen LogP contribution >= 0.6 is 15.9 Å². The van der Waals surface area contributed by atoms with Crippen molar-refractivity contribution in [3.05, 3.63) is 40.8 Å². The van der Waals surface area contributed by atoms with E-state index >= 15 is 0 Å². The quantitative estimate of drug-likeness (QED) is 0.632. The van der Waals surface area contributed by atoms with Crippen LogP contribution in [0.15, 0.2) is 39.5 Å². The molecule has 0 aliphatic heterocycles. The molecule has 10 heteroatoms. The third-order valence-electron chi connectivity index (χ3n) is 3.35. The van der Waals surface area contributed by atoms with Gasteiger partial charge in [-0.25, -0.2) is 0 Å². The normalized spacial score (nSPS) is 11.6. The molecule has 0 amide bonds. The van der Waals surface area contributed by atoms with E-state index in [0.29, 0.717) is 17.2 Å². The molecule has 2 aromatic heterocycles. The van der Waals surface area contributed by atoms with Crippen molar-refractivity contribution >= 4 is 15.9 Å². The number of hydrogen-bond donors (Lipinski definition) is 0. The largest absolute Gasteiger partial charge is 0.494 e. The molecule has 0 aliphatic rings. The Morgan fingerprint density at radius 3 is 2.20 bits per heavy atom. The molecule has 0 atom stereocenters. The molecule has 1 aromatic carbocycles. The van der Waals surface area contributed by atoms with Crippen molar-refractivity contribution in [1.82, 2.24) is 14.8 Å². The van der Waals surface area contributed by atoms with Crippen molar-refractivity contribution in [2.24, 2.45) is 0 Å². The van der Waals surface area contributed by atoms with Gasteiger partial charge in [0, 0.05) is 0 Å². The van der Waals surface area contributed by atoms with Crippen LogP contribution in [-0.4, -0.2) is 29.0 Å². The Labute approximate surface area is 148 Å². The van der Waals surface area contributed by atoms with Gasteiger partial charge in [-0.05, 0) is 40.2 Å². The smallest absolute Gasteiger partial charge is 0.449 e. The van der Waals surface area contributed by atoms with Gasteiger partial charge in [0.1, 0.15) is 17.2 Å². The number of halogens is 4. The molecule has 3 aromatic rings. The third kappa shape index (κ3) is 3.09. The lowest BCUT2D eigenvalue weighted by atomic mass is 10.2. The molecule has 0 N–H and O–H groups in total. The Balaban J connectivity index is 2.21. The highest BCUT2D eigenvalue weighted by Gasteiger charge is 2.35. The van der Waals surface area contributed by atoms with Gasteiger partial charge in [0.2, 0.25) is 16.3 Å². The zero-order valence-electron chi connectivity index (χ0n) is 13.0. The lowest BCUT2D eigenvalue weighted by Gasteiger charge is -2.15. The van der Waals surface area contributed by atoms with Crippen LogP contribution < -0.4 is 9.47 Å².